The lowest BCUT2D eigenvalue weighted by molar-refractivity contribution is 0.213. The largest absolute Gasteiger partial charge is 0.382 e. The molecule has 0 unspecified atom stereocenters. The molecule has 130 valence electrons. The van der Waals surface area contributed by atoms with Crippen molar-refractivity contribution >= 4 is 22.9 Å². The molecule has 0 saturated heterocycles. The average molecular weight is 374 g/mol. The zero-order valence-electron chi connectivity index (χ0n) is 13.8. The van der Waals surface area contributed by atoms with Crippen LogP contribution in [0.3, 0.4) is 0 Å². The molecular formula is C19H20ClN3OS. The molecule has 0 amide bonds. The highest BCUT2D eigenvalue weighted by molar-refractivity contribution is 7.16. The fourth-order valence-electron chi connectivity index (χ4n) is 3.28. The van der Waals surface area contributed by atoms with E-state index in [0.29, 0.717) is 0 Å². The molecule has 1 aliphatic heterocycles. The topological polar surface area (TPSA) is 41.3 Å². The van der Waals surface area contributed by atoms with Crippen molar-refractivity contribution in [3.63, 3.8) is 0 Å². The van der Waals surface area contributed by atoms with Crippen molar-refractivity contribution in [2.24, 2.45) is 0 Å². The number of fused-ring (bicyclic) bond motifs is 1. The number of halogens is 1. The molecule has 4 rings (SSSR count). The van der Waals surface area contributed by atoms with Crippen LogP contribution in [-0.2, 0) is 19.6 Å². The van der Waals surface area contributed by atoms with E-state index in [-0.39, 0.29) is 0 Å². The molecule has 4 nitrogen and oxygen atoms in total. The number of aliphatic hydroxyl groups excluding tert-OH is 1. The van der Waals surface area contributed by atoms with Gasteiger partial charge in [0.1, 0.15) is 6.10 Å². The summed E-state index contributed by atoms with van der Waals surface area (Å²) >= 11 is 7.68. The first-order chi connectivity index (χ1) is 12.2. The van der Waals surface area contributed by atoms with Crippen molar-refractivity contribution in [1.82, 2.24) is 14.7 Å². The highest BCUT2D eigenvalue weighted by atomic mass is 35.5. The standard InChI is InChI=1S/C19H20ClN3OS/c20-18-8-7-16(25-18)13-22-9-4-10-23-15(12-22)11-17(21-23)19(24)14-5-2-1-3-6-14/h1-3,5-8,11,19,24H,4,9-10,12-13H2/t19-/m1/s1. The van der Waals surface area contributed by atoms with Crippen molar-refractivity contribution in [2.75, 3.05) is 6.54 Å². The second kappa shape index (κ2) is 7.30. The molecule has 0 saturated carbocycles. The van der Waals surface area contributed by atoms with Crippen molar-refractivity contribution in [1.29, 1.82) is 0 Å². The van der Waals surface area contributed by atoms with E-state index >= 15 is 0 Å². The van der Waals surface area contributed by atoms with Crippen LogP contribution in [0.25, 0.3) is 0 Å². The number of hydrogen-bond donors (Lipinski definition) is 1. The molecular weight excluding hydrogens is 354 g/mol. The van der Waals surface area contributed by atoms with E-state index in [0.717, 1.165) is 53.9 Å². The van der Waals surface area contributed by atoms with E-state index in [1.807, 2.05) is 47.1 Å². The third-order valence-corrected chi connectivity index (χ3v) is 5.73. The Morgan fingerprint density at radius 1 is 1.16 bits per heavy atom. The summed E-state index contributed by atoms with van der Waals surface area (Å²) in [5.74, 6) is 0. The summed E-state index contributed by atoms with van der Waals surface area (Å²) in [6.07, 6.45) is 0.374. The van der Waals surface area contributed by atoms with Gasteiger partial charge in [0.25, 0.3) is 0 Å². The van der Waals surface area contributed by atoms with E-state index in [4.69, 9.17) is 11.6 Å². The summed E-state index contributed by atoms with van der Waals surface area (Å²) in [6, 6.07) is 15.8. The van der Waals surface area contributed by atoms with Gasteiger partial charge in [-0.05, 0) is 30.2 Å². The average Bonchev–Trinajstić information content (AvgIpc) is 3.16. The lowest BCUT2D eigenvalue weighted by atomic mass is 10.1. The van der Waals surface area contributed by atoms with Gasteiger partial charge in [0, 0.05) is 31.1 Å². The predicted octanol–water partition coefficient (Wildman–Crippen LogP) is 4.09. The molecule has 0 bridgehead atoms. The highest BCUT2D eigenvalue weighted by Gasteiger charge is 2.21. The van der Waals surface area contributed by atoms with Gasteiger partial charge in [0.15, 0.2) is 0 Å². The second-order valence-corrected chi connectivity index (χ2v) is 8.17. The molecule has 3 heterocycles. The van der Waals surface area contributed by atoms with Gasteiger partial charge < -0.3 is 5.11 Å². The van der Waals surface area contributed by atoms with Gasteiger partial charge in [-0.1, -0.05) is 41.9 Å². The Morgan fingerprint density at radius 3 is 2.76 bits per heavy atom. The summed E-state index contributed by atoms with van der Waals surface area (Å²) in [5.41, 5.74) is 2.76. The van der Waals surface area contributed by atoms with E-state index in [1.165, 1.54) is 4.88 Å². The van der Waals surface area contributed by atoms with Crippen molar-refractivity contribution in [2.45, 2.75) is 32.2 Å². The molecule has 0 fully saturated rings. The maximum Gasteiger partial charge on any atom is 0.123 e. The lowest BCUT2D eigenvalue weighted by Crippen LogP contribution is -2.22. The van der Waals surface area contributed by atoms with Gasteiger partial charge in [0.2, 0.25) is 0 Å². The highest BCUT2D eigenvalue weighted by Crippen LogP contribution is 2.26. The van der Waals surface area contributed by atoms with Gasteiger partial charge in [-0.2, -0.15) is 5.10 Å². The third kappa shape index (κ3) is 3.80. The molecule has 0 spiro atoms. The number of nitrogens with zero attached hydrogens (tertiary/aromatic N) is 3. The van der Waals surface area contributed by atoms with Crippen molar-refractivity contribution < 1.29 is 5.11 Å². The molecule has 3 aromatic rings. The lowest BCUT2D eigenvalue weighted by Gasteiger charge is -2.18. The van der Waals surface area contributed by atoms with Crippen LogP contribution in [0.15, 0.2) is 48.5 Å². The summed E-state index contributed by atoms with van der Waals surface area (Å²) in [7, 11) is 0. The van der Waals surface area contributed by atoms with Crippen LogP contribution < -0.4 is 0 Å². The maximum absolute atomic E-state index is 10.6. The monoisotopic (exact) mass is 373 g/mol. The minimum absolute atomic E-state index is 0.676. The van der Waals surface area contributed by atoms with Crippen LogP contribution in [0.1, 0.15) is 34.4 Å². The Morgan fingerprint density at radius 2 is 2.00 bits per heavy atom. The summed E-state index contributed by atoms with van der Waals surface area (Å²) in [4.78, 5) is 3.70. The molecule has 1 aliphatic rings. The summed E-state index contributed by atoms with van der Waals surface area (Å²) in [6.45, 7) is 3.66. The Labute approximate surface area is 156 Å². The molecule has 1 N–H and O–H groups in total. The number of thiophene rings is 1. The first kappa shape index (κ1) is 16.8. The summed E-state index contributed by atoms with van der Waals surface area (Å²) < 4.78 is 2.88. The Hall–Kier alpha value is -1.66. The van der Waals surface area contributed by atoms with Crippen LogP contribution in [-0.4, -0.2) is 26.3 Å². The predicted molar refractivity (Wildman–Crippen MR) is 101 cm³/mol. The van der Waals surface area contributed by atoms with E-state index in [1.54, 1.807) is 11.3 Å². The number of hydrogen-bond acceptors (Lipinski definition) is 4. The van der Waals surface area contributed by atoms with E-state index in [9.17, 15) is 5.11 Å². The molecule has 0 aliphatic carbocycles. The van der Waals surface area contributed by atoms with Gasteiger partial charge >= 0.3 is 0 Å². The minimum atomic E-state index is -0.676. The zero-order chi connectivity index (χ0) is 17.2. The van der Waals surface area contributed by atoms with Gasteiger partial charge in [0.05, 0.1) is 15.7 Å². The fraction of sp³-hybridized carbons (Fsp3) is 0.316. The Balaban J connectivity index is 1.52. The van der Waals surface area contributed by atoms with Crippen LogP contribution in [0, 0.1) is 0 Å². The number of benzene rings is 1. The summed E-state index contributed by atoms with van der Waals surface area (Å²) in [5, 5.41) is 15.3. The Bertz CT molecular complexity index is 845. The van der Waals surface area contributed by atoms with Gasteiger partial charge in [-0.15, -0.1) is 11.3 Å². The van der Waals surface area contributed by atoms with Crippen LogP contribution in [0.4, 0.5) is 0 Å². The van der Waals surface area contributed by atoms with Crippen LogP contribution >= 0.6 is 22.9 Å². The van der Waals surface area contributed by atoms with E-state index in [2.05, 4.69) is 16.1 Å². The van der Waals surface area contributed by atoms with Crippen LogP contribution in [0.2, 0.25) is 4.34 Å². The number of aromatic nitrogens is 2. The number of aliphatic hydroxyl groups is 1. The molecule has 1 atom stereocenters. The molecule has 2 aromatic heterocycles. The normalized spacial score (nSPS) is 16.4. The van der Waals surface area contributed by atoms with Crippen LogP contribution in [0.5, 0.6) is 0 Å². The molecule has 0 radical (unpaired) electrons. The van der Waals surface area contributed by atoms with Gasteiger partial charge in [-0.3, -0.25) is 9.58 Å². The Kier molecular flexibility index (Phi) is 4.90. The zero-order valence-corrected chi connectivity index (χ0v) is 15.4. The smallest absolute Gasteiger partial charge is 0.123 e. The third-order valence-electron chi connectivity index (χ3n) is 4.52. The van der Waals surface area contributed by atoms with Gasteiger partial charge in [-0.25, -0.2) is 0 Å². The molecule has 1 aromatic carbocycles. The van der Waals surface area contributed by atoms with E-state index < -0.39 is 6.10 Å². The SMILES string of the molecule is O[C@H](c1ccccc1)c1cc2n(n1)CCCN(Cc1ccc(Cl)s1)C2. The fourth-order valence-corrected chi connectivity index (χ4v) is 4.41. The van der Waals surface area contributed by atoms with Crippen molar-refractivity contribution in [3.8, 4) is 0 Å². The maximum atomic E-state index is 10.6. The molecule has 6 heteroatoms. The number of rotatable bonds is 4. The van der Waals surface area contributed by atoms with Crippen molar-refractivity contribution in [3.05, 3.63) is 74.7 Å². The second-order valence-electron chi connectivity index (χ2n) is 6.37. The first-order valence-electron chi connectivity index (χ1n) is 8.45. The minimum Gasteiger partial charge on any atom is -0.382 e. The number of aryl methyl sites for hydroxylation is 1. The first-order valence-corrected chi connectivity index (χ1v) is 9.65. The quantitative estimate of drug-likeness (QED) is 0.749. The molecule has 25 heavy (non-hydrogen) atoms.